The zero-order valence-electron chi connectivity index (χ0n) is 13.9. The van der Waals surface area contributed by atoms with Crippen molar-refractivity contribution in [1.82, 2.24) is 5.32 Å². The molecule has 0 spiro atoms. The van der Waals surface area contributed by atoms with Gasteiger partial charge in [-0.25, -0.2) is 0 Å². The van der Waals surface area contributed by atoms with Gasteiger partial charge in [-0.3, -0.25) is 0 Å². The molecule has 1 N–H and O–H groups in total. The molecule has 0 aromatic heterocycles. The van der Waals surface area contributed by atoms with Gasteiger partial charge in [-0.05, 0) is 57.7 Å². The van der Waals surface area contributed by atoms with Crippen LogP contribution in [0.1, 0.15) is 58.9 Å². The molecule has 0 heterocycles. The summed E-state index contributed by atoms with van der Waals surface area (Å²) in [4.78, 5) is 2.51. The smallest absolute Gasteiger partial charge is 0.0642 e. The molecule has 0 unspecified atom stereocenters. The third-order valence-corrected chi connectivity index (χ3v) is 4.19. The van der Waals surface area contributed by atoms with Gasteiger partial charge in [0.05, 0.1) is 10.7 Å². The van der Waals surface area contributed by atoms with E-state index >= 15 is 0 Å². The van der Waals surface area contributed by atoms with Crippen LogP contribution < -0.4 is 10.2 Å². The largest absolute Gasteiger partial charge is 0.367 e. The summed E-state index contributed by atoms with van der Waals surface area (Å²) in [6, 6.07) is 7.25. The van der Waals surface area contributed by atoms with Gasteiger partial charge in [0.1, 0.15) is 0 Å². The van der Waals surface area contributed by atoms with E-state index < -0.39 is 0 Å². The molecule has 0 saturated heterocycles. The molecule has 1 fully saturated rings. The Morgan fingerprint density at radius 3 is 2.52 bits per heavy atom. The van der Waals surface area contributed by atoms with Crippen molar-refractivity contribution in [3.05, 3.63) is 28.8 Å². The lowest BCUT2D eigenvalue weighted by atomic mass is 10.1. The molecule has 21 heavy (non-hydrogen) atoms. The van der Waals surface area contributed by atoms with Crippen LogP contribution in [0.2, 0.25) is 5.02 Å². The highest BCUT2D eigenvalue weighted by molar-refractivity contribution is 6.33. The van der Waals surface area contributed by atoms with Gasteiger partial charge in [-0.2, -0.15) is 0 Å². The van der Waals surface area contributed by atoms with Crippen LogP contribution in [0.25, 0.3) is 0 Å². The summed E-state index contributed by atoms with van der Waals surface area (Å²) in [5.41, 5.74) is 2.60. The van der Waals surface area contributed by atoms with E-state index in [-0.39, 0.29) is 5.54 Å². The number of rotatable bonds is 7. The van der Waals surface area contributed by atoms with Gasteiger partial charge in [-0.1, -0.05) is 31.0 Å². The number of nitrogens with one attached hydrogen (secondary N) is 1. The Balaban J connectivity index is 2.06. The van der Waals surface area contributed by atoms with Crippen molar-refractivity contribution >= 4 is 17.3 Å². The zero-order valence-corrected chi connectivity index (χ0v) is 14.6. The number of anilines is 1. The van der Waals surface area contributed by atoms with E-state index in [4.69, 9.17) is 11.6 Å². The Labute approximate surface area is 134 Å². The van der Waals surface area contributed by atoms with Gasteiger partial charge in [-0.15, -0.1) is 0 Å². The van der Waals surface area contributed by atoms with E-state index in [1.54, 1.807) is 0 Å². The number of halogens is 1. The highest BCUT2D eigenvalue weighted by Gasteiger charge is 2.29. The fraction of sp³-hybridized carbons (Fsp3) is 0.667. The predicted molar refractivity (Wildman–Crippen MR) is 93.3 cm³/mol. The van der Waals surface area contributed by atoms with E-state index in [1.165, 1.54) is 36.9 Å². The lowest BCUT2D eigenvalue weighted by Gasteiger charge is -2.26. The Morgan fingerprint density at radius 2 is 2.00 bits per heavy atom. The molecule has 0 bridgehead atoms. The summed E-state index contributed by atoms with van der Waals surface area (Å²) in [6.45, 7) is 10.8. The van der Waals surface area contributed by atoms with Gasteiger partial charge >= 0.3 is 0 Å². The van der Waals surface area contributed by atoms with E-state index in [1.807, 2.05) is 0 Å². The number of hydrogen-bond acceptors (Lipinski definition) is 2. The third-order valence-electron chi connectivity index (χ3n) is 3.88. The maximum absolute atomic E-state index is 6.56. The second-order valence-electron chi connectivity index (χ2n) is 7.17. The highest BCUT2D eigenvalue weighted by atomic mass is 35.5. The lowest BCUT2D eigenvalue weighted by molar-refractivity contribution is 0.424. The molecule has 1 aliphatic carbocycles. The molecular weight excluding hydrogens is 280 g/mol. The second kappa shape index (κ2) is 7.02. The minimum atomic E-state index is 0.131. The SMILES string of the molecule is CCCCN(c1ccc(CNC(C)(C)C)cc1Cl)C1CC1. The summed E-state index contributed by atoms with van der Waals surface area (Å²) < 4.78 is 0. The average molecular weight is 309 g/mol. The Kier molecular flexibility index (Phi) is 5.56. The number of unbranched alkanes of at least 4 members (excludes halogenated alkanes) is 1. The number of nitrogens with zero attached hydrogens (tertiary/aromatic N) is 1. The summed E-state index contributed by atoms with van der Waals surface area (Å²) in [5.74, 6) is 0. The molecule has 1 saturated carbocycles. The minimum Gasteiger partial charge on any atom is -0.367 e. The average Bonchev–Trinajstić information content (AvgIpc) is 3.22. The van der Waals surface area contributed by atoms with Crippen LogP contribution in [0.5, 0.6) is 0 Å². The van der Waals surface area contributed by atoms with Crippen LogP contribution in [-0.2, 0) is 6.54 Å². The van der Waals surface area contributed by atoms with Crippen LogP contribution >= 0.6 is 11.6 Å². The van der Waals surface area contributed by atoms with Crippen molar-refractivity contribution in [3.8, 4) is 0 Å². The summed E-state index contributed by atoms with van der Waals surface area (Å²) in [7, 11) is 0. The Morgan fingerprint density at radius 1 is 1.29 bits per heavy atom. The van der Waals surface area contributed by atoms with Crippen LogP contribution in [0.15, 0.2) is 18.2 Å². The molecule has 0 radical (unpaired) electrons. The molecule has 2 rings (SSSR count). The van der Waals surface area contributed by atoms with Crippen molar-refractivity contribution in [1.29, 1.82) is 0 Å². The molecule has 1 aliphatic rings. The van der Waals surface area contributed by atoms with E-state index in [2.05, 4.69) is 56.1 Å². The molecule has 2 nitrogen and oxygen atoms in total. The van der Waals surface area contributed by atoms with Crippen molar-refractivity contribution < 1.29 is 0 Å². The fourth-order valence-corrected chi connectivity index (χ4v) is 2.79. The Bertz CT molecular complexity index is 461. The summed E-state index contributed by atoms with van der Waals surface area (Å²) in [6.07, 6.45) is 5.09. The van der Waals surface area contributed by atoms with Gasteiger partial charge in [0.15, 0.2) is 0 Å². The topological polar surface area (TPSA) is 15.3 Å². The van der Waals surface area contributed by atoms with E-state index in [9.17, 15) is 0 Å². The molecular formula is C18H29ClN2. The normalized spacial score (nSPS) is 15.3. The maximum atomic E-state index is 6.56. The van der Waals surface area contributed by atoms with E-state index in [0.29, 0.717) is 6.04 Å². The van der Waals surface area contributed by atoms with Crippen molar-refractivity contribution in [2.45, 2.75) is 71.5 Å². The predicted octanol–water partition coefficient (Wildman–Crippen LogP) is 5.00. The highest BCUT2D eigenvalue weighted by Crippen LogP contribution is 2.36. The molecule has 3 heteroatoms. The fourth-order valence-electron chi connectivity index (χ4n) is 2.47. The van der Waals surface area contributed by atoms with Crippen molar-refractivity contribution in [2.75, 3.05) is 11.4 Å². The molecule has 118 valence electrons. The summed E-state index contributed by atoms with van der Waals surface area (Å²) in [5, 5.41) is 4.41. The van der Waals surface area contributed by atoms with Gasteiger partial charge in [0.2, 0.25) is 0 Å². The Hall–Kier alpha value is -0.730. The van der Waals surface area contributed by atoms with Crippen molar-refractivity contribution in [3.63, 3.8) is 0 Å². The third kappa shape index (κ3) is 5.19. The standard InChI is InChI=1S/C18H29ClN2/c1-5-6-11-21(15-8-9-15)17-10-7-14(12-16(17)19)13-20-18(2,3)4/h7,10,12,15,20H,5-6,8-9,11,13H2,1-4H3. The van der Waals surface area contributed by atoms with Gasteiger partial charge < -0.3 is 10.2 Å². The molecule has 1 aromatic rings. The molecule has 1 aromatic carbocycles. The molecule has 0 amide bonds. The van der Waals surface area contributed by atoms with Crippen LogP contribution in [-0.4, -0.2) is 18.1 Å². The van der Waals surface area contributed by atoms with Gasteiger partial charge in [0.25, 0.3) is 0 Å². The lowest BCUT2D eigenvalue weighted by Crippen LogP contribution is -2.35. The second-order valence-corrected chi connectivity index (χ2v) is 7.57. The van der Waals surface area contributed by atoms with Crippen LogP contribution in [0, 0.1) is 0 Å². The van der Waals surface area contributed by atoms with E-state index in [0.717, 1.165) is 18.1 Å². The first-order valence-electron chi connectivity index (χ1n) is 8.21. The van der Waals surface area contributed by atoms with Crippen molar-refractivity contribution in [2.24, 2.45) is 0 Å². The summed E-state index contributed by atoms with van der Waals surface area (Å²) >= 11 is 6.56. The van der Waals surface area contributed by atoms with Crippen LogP contribution in [0.4, 0.5) is 5.69 Å². The quantitative estimate of drug-likeness (QED) is 0.762. The number of hydrogen-bond donors (Lipinski definition) is 1. The minimum absolute atomic E-state index is 0.131. The zero-order chi connectivity index (χ0) is 15.5. The first kappa shape index (κ1) is 16.6. The first-order chi connectivity index (χ1) is 9.90. The monoisotopic (exact) mass is 308 g/mol. The number of benzene rings is 1. The first-order valence-corrected chi connectivity index (χ1v) is 8.58. The molecule has 0 atom stereocenters. The molecule has 0 aliphatic heterocycles. The van der Waals surface area contributed by atoms with Crippen LogP contribution in [0.3, 0.4) is 0 Å². The van der Waals surface area contributed by atoms with Gasteiger partial charge in [0, 0.05) is 24.7 Å². The maximum Gasteiger partial charge on any atom is 0.0642 e.